The van der Waals surface area contributed by atoms with Crippen molar-refractivity contribution in [1.82, 2.24) is 10.2 Å². The Balaban J connectivity index is 2.35. The van der Waals surface area contributed by atoms with E-state index in [0.717, 1.165) is 13.0 Å². The van der Waals surface area contributed by atoms with Gasteiger partial charge in [-0.1, -0.05) is 6.07 Å². The second-order valence-corrected chi connectivity index (χ2v) is 3.96. The lowest BCUT2D eigenvalue weighted by Crippen LogP contribution is -2.27. The average molecular weight is 222 g/mol. The molecule has 0 bridgehead atoms. The third-order valence-electron chi connectivity index (χ3n) is 2.18. The average Bonchev–Trinajstić information content (AvgIpc) is 2.24. The van der Waals surface area contributed by atoms with E-state index in [2.05, 4.69) is 10.2 Å². The summed E-state index contributed by atoms with van der Waals surface area (Å²) in [5.41, 5.74) is 0.491. The molecule has 0 aliphatic heterocycles. The fourth-order valence-electron chi connectivity index (χ4n) is 1.35. The number of nitrogens with zero attached hydrogens (tertiary/aromatic N) is 1. The molecule has 0 spiro atoms. The largest absolute Gasteiger partial charge is 0.508 e. The molecule has 0 unspecified atom stereocenters. The quantitative estimate of drug-likeness (QED) is 0.733. The monoisotopic (exact) mass is 222 g/mol. The molecule has 0 radical (unpaired) electrons. The molecular weight excluding hydrogens is 204 g/mol. The number of hydrogen-bond acceptors (Lipinski definition) is 3. The Morgan fingerprint density at radius 3 is 2.81 bits per heavy atom. The fourth-order valence-corrected chi connectivity index (χ4v) is 1.35. The molecule has 1 amide bonds. The van der Waals surface area contributed by atoms with Gasteiger partial charge in [-0.2, -0.15) is 0 Å². The van der Waals surface area contributed by atoms with E-state index >= 15 is 0 Å². The molecule has 16 heavy (non-hydrogen) atoms. The molecule has 0 fully saturated rings. The number of phenols is 1. The number of carbonyl (C=O) groups is 1. The van der Waals surface area contributed by atoms with Gasteiger partial charge >= 0.3 is 0 Å². The normalized spacial score (nSPS) is 10.4. The van der Waals surface area contributed by atoms with Crippen LogP contribution in [-0.4, -0.2) is 43.1 Å². The van der Waals surface area contributed by atoms with Crippen LogP contribution < -0.4 is 5.32 Å². The van der Waals surface area contributed by atoms with Crippen LogP contribution in [0.1, 0.15) is 16.8 Å². The summed E-state index contributed by atoms with van der Waals surface area (Å²) in [5.74, 6) is -0.0319. The third-order valence-corrected chi connectivity index (χ3v) is 2.18. The van der Waals surface area contributed by atoms with E-state index in [-0.39, 0.29) is 11.7 Å². The molecular formula is C12H18N2O2. The molecule has 88 valence electrons. The van der Waals surface area contributed by atoms with Crippen LogP contribution in [0.4, 0.5) is 0 Å². The standard InChI is InChI=1S/C12H18N2O2/c1-14(2)8-4-7-13-12(16)10-5-3-6-11(15)9-10/h3,5-6,9,15H,4,7-8H2,1-2H3,(H,13,16). The molecule has 0 atom stereocenters. The number of phenolic OH excluding ortho intramolecular Hbond substituents is 1. The van der Waals surface area contributed by atoms with Gasteiger partial charge in [-0.3, -0.25) is 4.79 Å². The van der Waals surface area contributed by atoms with Crippen molar-refractivity contribution in [2.24, 2.45) is 0 Å². The van der Waals surface area contributed by atoms with Gasteiger partial charge in [-0.15, -0.1) is 0 Å². The van der Waals surface area contributed by atoms with Gasteiger partial charge < -0.3 is 15.3 Å². The summed E-state index contributed by atoms with van der Waals surface area (Å²) in [6.07, 6.45) is 0.914. The maximum absolute atomic E-state index is 11.6. The summed E-state index contributed by atoms with van der Waals surface area (Å²) >= 11 is 0. The lowest BCUT2D eigenvalue weighted by atomic mass is 10.2. The predicted octanol–water partition coefficient (Wildman–Crippen LogP) is 1.07. The summed E-state index contributed by atoms with van der Waals surface area (Å²) in [6.45, 7) is 1.59. The zero-order chi connectivity index (χ0) is 12.0. The fraction of sp³-hybridized carbons (Fsp3) is 0.417. The minimum Gasteiger partial charge on any atom is -0.508 e. The van der Waals surface area contributed by atoms with Crippen LogP contribution in [0.3, 0.4) is 0 Å². The maximum atomic E-state index is 11.6. The van der Waals surface area contributed by atoms with E-state index in [0.29, 0.717) is 12.1 Å². The highest BCUT2D eigenvalue weighted by molar-refractivity contribution is 5.94. The summed E-state index contributed by atoms with van der Waals surface area (Å²) in [4.78, 5) is 13.7. The molecule has 0 saturated heterocycles. The van der Waals surface area contributed by atoms with Crippen LogP contribution in [0, 0.1) is 0 Å². The summed E-state index contributed by atoms with van der Waals surface area (Å²) in [7, 11) is 3.99. The van der Waals surface area contributed by atoms with Gasteiger partial charge in [-0.25, -0.2) is 0 Å². The van der Waals surface area contributed by atoms with Crippen LogP contribution in [0.15, 0.2) is 24.3 Å². The van der Waals surface area contributed by atoms with Crippen molar-refractivity contribution in [2.75, 3.05) is 27.2 Å². The first-order chi connectivity index (χ1) is 7.59. The zero-order valence-electron chi connectivity index (χ0n) is 9.73. The van der Waals surface area contributed by atoms with E-state index < -0.39 is 0 Å². The molecule has 2 N–H and O–H groups in total. The lowest BCUT2D eigenvalue weighted by molar-refractivity contribution is 0.0952. The molecule has 1 rings (SSSR count). The van der Waals surface area contributed by atoms with E-state index in [1.165, 1.54) is 6.07 Å². The molecule has 0 saturated carbocycles. The molecule has 4 heteroatoms. The van der Waals surface area contributed by atoms with Crippen molar-refractivity contribution in [3.63, 3.8) is 0 Å². The summed E-state index contributed by atoms with van der Waals surface area (Å²) in [6, 6.07) is 6.34. The number of hydrogen-bond donors (Lipinski definition) is 2. The van der Waals surface area contributed by atoms with Crippen LogP contribution in [0.5, 0.6) is 5.75 Å². The molecule has 0 aliphatic rings. The maximum Gasteiger partial charge on any atom is 0.251 e. The molecule has 1 aromatic carbocycles. The Morgan fingerprint density at radius 2 is 2.19 bits per heavy atom. The molecule has 4 nitrogen and oxygen atoms in total. The van der Waals surface area contributed by atoms with Crippen molar-refractivity contribution in [3.05, 3.63) is 29.8 Å². The van der Waals surface area contributed by atoms with Gasteiger partial charge in [0.15, 0.2) is 0 Å². The highest BCUT2D eigenvalue weighted by Gasteiger charge is 2.04. The van der Waals surface area contributed by atoms with E-state index in [1.807, 2.05) is 14.1 Å². The highest BCUT2D eigenvalue weighted by Crippen LogP contribution is 2.10. The zero-order valence-corrected chi connectivity index (χ0v) is 9.73. The number of aromatic hydroxyl groups is 1. The summed E-state index contributed by atoms with van der Waals surface area (Å²) in [5, 5.41) is 12.0. The van der Waals surface area contributed by atoms with E-state index in [9.17, 15) is 9.90 Å². The van der Waals surface area contributed by atoms with Crippen LogP contribution in [0.2, 0.25) is 0 Å². The SMILES string of the molecule is CN(C)CCCNC(=O)c1cccc(O)c1. The first kappa shape index (κ1) is 12.5. The van der Waals surface area contributed by atoms with E-state index in [1.54, 1.807) is 18.2 Å². The first-order valence-corrected chi connectivity index (χ1v) is 5.31. The van der Waals surface area contributed by atoms with Gasteiger partial charge in [-0.05, 0) is 45.3 Å². The van der Waals surface area contributed by atoms with Gasteiger partial charge in [0.25, 0.3) is 5.91 Å². The smallest absolute Gasteiger partial charge is 0.251 e. The Labute approximate surface area is 95.9 Å². The predicted molar refractivity (Wildman–Crippen MR) is 63.6 cm³/mol. The lowest BCUT2D eigenvalue weighted by Gasteiger charge is -2.09. The molecule has 0 heterocycles. The Hall–Kier alpha value is -1.55. The number of rotatable bonds is 5. The van der Waals surface area contributed by atoms with Crippen molar-refractivity contribution >= 4 is 5.91 Å². The van der Waals surface area contributed by atoms with Crippen LogP contribution in [-0.2, 0) is 0 Å². The van der Waals surface area contributed by atoms with E-state index in [4.69, 9.17) is 0 Å². The van der Waals surface area contributed by atoms with Gasteiger partial charge in [0, 0.05) is 12.1 Å². The third kappa shape index (κ3) is 4.31. The van der Waals surface area contributed by atoms with Gasteiger partial charge in [0.05, 0.1) is 0 Å². The minimum absolute atomic E-state index is 0.112. The van der Waals surface area contributed by atoms with Gasteiger partial charge in [0.1, 0.15) is 5.75 Å². The Kier molecular flexibility index (Phi) is 4.79. The van der Waals surface area contributed by atoms with Crippen LogP contribution >= 0.6 is 0 Å². The van der Waals surface area contributed by atoms with Crippen molar-refractivity contribution < 1.29 is 9.90 Å². The second kappa shape index (κ2) is 6.12. The highest BCUT2D eigenvalue weighted by atomic mass is 16.3. The number of benzene rings is 1. The summed E-state index contributed by atoms with van der Waals surface area (Å²) < 4.78 is 0. The van der Waals surface area contributed by atoms with Crippen molar-refractivity contribution in [3.8, 4) is 5.75 Å². The first-order valence-electron chi connectivity index (χ1n) is 5.31. The molecule has 0 aromatic heterocycles. The van der Waals surface area contributed by atoms with Crippen molar-refractivity contribution in [1.29, 1.82) is 0 Å². The van der Waals surface area contributed by atoms with Crippen LogP contribution in [0.25, 0.3) is 0 Å². The molecule has 1 aromatic rings. The Morgan fingerprint density at radius 1 is 1.44 bits per heavy atom. The second-order valence-electron chi connectivity index (χ2n) is 3.96. The number of carbonyl (C=O) groups excluding carboxylic acids is 1. The molecule has 0 aliphatic carbocycles. The minimum atomic E-state index is -0.144. The van der Waals surface area contributed by atoms with Crippen molar-refractivity contribution in [2.45, 2.75) is 6.42 Å². The number of amides is 1. The van der Waals surface area contributed by atoms with Gasteiger partial charge in [0.2, 0.25) is 0 Å². The Bertz CT molecular complexity index is 351. The topological polar surface area (TPSA) is 52.6 Å². The number of nitrogens with one attached hydrogen (secondary N) is 1.